The molecule has 25 heavy (non-hydrogen) atoms. The Morgan fingerprint density at radius 3 is 2.56 bits per heavy atom. The number of carbonyl (C=O) groups excluding carboxylic acids is 2. The predicted octanol–water partition coefficient (Wildman–Crippen LogP) is 3.56. The molecule has 0 amide bonds. The first-order chi connectivity index (χ1) is 12.1. The van der Waals surface area contributed by atoms with Crippen LogP contribution in [-0.4, -0.2) is 33.3 Å². The van der Waals surface area contributed by atoms with Gasteiger partial charge < -0.3 is 0 Å². The number of nitrogens with zero attached hydrogens (tertiary/aromatic N) is 1. The van der Waals surface area contributed by atoms with E-state index in [1.165, 1.54) is 0 Å². The van der Waals surface area contributed by atoms with Crippen LogP contribution in [-0.2, 0) is 9.53 Å². The molecule has 0 aromatic heterocycles. The predicted molar refractivity (Wildman–Crippen MR) is 96.5 cm³/mol. The van der Waals surface area contributed by atoms with Crippen LogP contribution in [0.15, 0.2) is 54.6 Å². The number of ketones is 1. The zero-order chi connectivity index (χ0) is 18.1. The van der Waals surface area contributed by atoms with Crippen molar-refractivity contribution in [3.8, 4) is 4.97 Å². The molecule has 0 spiro atoms. The van der Waals surface area contributed by atoms with Crippen LogP contribution in [0.3, 0.4) is 0 Å². The fraction of sp³-hybridized carbons (Fsp3) is 0.250. The van der Waals surface area contributed by atoms with E-state index >= 15 is 0 Å². The van der Waals surface area contributed by atoms with Crippen LogP contribution < -0.4 is 0 Å². The summed E-state index contributed by atoms with van der Waals surface area (Å²) in [6, 6.07) is 16.2. The number of ether oxygens (including phenoxy) is 1. The molecule has 0 saturated heterocycles. The van der Waals surface area contributed by atoms with E-state index in [4.69, 9.17) is 10.00 Å². The fourth-order valence-electron chi connectivity index (χ4n) is 2.32. The topological polar surface area (TPSA) is 67.2 Å². The number of nitriles is 1. The van der Waals surface area contributed by atoms with Crippen molar-refractivity contribution in [1.29, 1.82) is 5.26 Å². The Balaban J connectivity index is 2.01. The van der Waals surface area contributed by atoms with Gasteiger partial charge in [0.25, 0.3) is 0 Å². The Labute approximate surface area is 154 Å². The molecule has 2 aromatic carbocycles. The molecule has 2 aromatic rings. The van der Waals surface area contributed by atoms with Crippen molar-refractivity contribution in [2.75, 3.05) is 6.61 Å². The van der Waals surface area contributed by atoms with Crippen molar-refractivity contribution in [1.82, 2.24) is 0 Å². The average molecular weight is 400 g/mol. The van der Waals surface area contributed by atoms with E-state index in [-0.39, 0.29) is 26.7 Å². The number of hydrogen-bond donors (Lipinski definition) is 0. The number of esters is 1. The van der Waals surface area contributed by atoms with Gasteiger partial charge in [-0.25, -0.2) is 0 Å². The van der Waals surface area contributed by atoms with E-state index in [1.54, 1.807) is 37.3 Å². The van der Waals surface area contributed by atoms with Gasteiger partial charge in [0.2, 0.25) is 0 Å². The van der Waals surface area contributed by atoms with Gasteiger partial charge in [0.15, 0.2) is 0 Å². The Morgan fingerprint density at radius 1 is 1.12 bits per heavy atom. The molecular formula is C20H19NO3Se. The van der Waals surface area contributed by atoms with E-state index in [2.05, 4.69) is 4.97 Å². The number of rotatable bonds is 8. The van der Waals surface area contributed by atoms with Gasteiger partial charge in [-0.3, -0.25) is 0 Å². The first kappa shape index (κ1) is 18.9. The summed E-state index contributed by atoms with van der Waals surface area (Å²) in [6.45, 7) is 2.10. The fourth-order valence-corrected chi connectivity index (χ4v) is 3.06. The van der Waals surface area contributed by atoms with Crippen molar-refractivity contribution in [2.24, 2.45) is 0 Å². The maximum atomic E-state index is 12.5. The molecule has 2 rings (SSSR count). The molecular weight excluding hydrogens is 381 g/mol. The second kappa shape index (κ2) is 9.78. The molecule has 0 aliphatic rings. The zero-order valence-corrected chi connectivity index (χ0v) is 15.7. The average Bonchev–Trinajstić information content (AvgIpc) is 2.67. The molecule has 0 heterocycles. The van der Waals surface area contributed by atoms with Crippen LogP contribution in [0.2, 0.25) is 5.32 Å². The van der Waals surface area contributed by atoms with E-state index < -0.39 is 5.92 Å². The third kappa shape index (κ3) is 5.56. The van der Waals surface area contributed by atoms with Gasteiger partial charge in [0.1, 0.15) is 0 Å². The molecule has 128 valence electrons. The van der Waals surface area contributed by atoms with Crippen LogP contribution in [0.4, 0.5) is 0 Å². The molecule has 1 unspecified atom stereocenters. The van der Waals surface area contributed by atoms with E-state index in [0.29, 0.717) is 24.2 Å². The SMILES string of the molecule is CC(C(=O)OCCC[Se]C#N)c1cccc(C(=O)c2ccccc2)c1. The molecule has 0 aliphatic carbocycles. The van der Waals surface area contributed by atoms with Crippen LogP contribution >= 0.6 is 0 Å². The van der Waals surface area contributed by atoms with Gasteiger partial charge in [-0.05, 0) is 0 Å². The van der Waals surface area contributed by atoms with Crippen LogP contribution in [0.25, 0.3) is 0 Å². The molecule has 0 saturated carbocycles. The summed E-state index contributed by atoms with van der Waals surface area (Å²) >= 11 is -0.0375. The molecule has 0 radical (unpaired) electrons. The Kier molecular flexibility index (Phi) is 7.40. The quantitative estimate of drug-likeness (QED) is 0.294. The van der Waals surface area contributed by atoms with Gasteiger partial charge in [-0.2, -0.15) is 0 Å². The van der Waals surface area contributed by atoms with Gasteiger partial charge in [-0.15, -0.1) is 0 Å². The summed E-state index contributed by atoms with van der Waals surface area (Å²) in [7, 11) is 0. The Bertz CT molecular complexity index is 768. The van der Waals surface area contributed by atoms with Gasteiger partial charge in [-0.1, -0.05) is 18.2 Å². The number of carbonyl (C=O) groups is 2. The monoisotopic (exact) mass is 401 g/mol. The first-order valence-electron chi connectivity index (χ1n) is 8.00. The summed E-state index contributed by atoms with van der Waals surface area (Å²) < 4.78 is 5.27. The number of hydrogen-bond acceptors (Lipinski definition) is 4. The maximum absolute atomic E-state index is 12.5. The Hall–Kier alpha value is -2.41. The molecule has 1 atom stereocenters. The third-order valence-electron chi connectivity index (χ3n) is 3.74. The van der Waals surface area contributed by atoms with Crippen LogP contribution in [0.1, 0.15) is 40.7 Å². The van der Waals surface area contributed by atoms with Crippen molar-refractivity contribution in [3.05, 3.63) is 71.3 Å². The second-order valence-corrected chi connectivity index (χ2v) is 7.35. The summed E-state index contributed by atoms with van der Waals surface area (Å²) in [4.78, 5) is 26.8. The van der Waals surface area contributed by atoms with Crippen LogP contribution in [0.5, 0.6) is 0 Å². The molecule has 0 N–H and O–H groups in total. The molecule has 4 nitrogen and oxygen atoms in total. The van der Waals surface area contributed by atoms with Crippen molar-refractivity contribution in [3.63, 3.8) is 0 Å². The zero-order valence-electron chi connectivity index (χ0n) is 14.0. The second-order valence-electron chi connectivity index (χ2n) is 5.50. The minimum atomic E-state index is -0.440. The van der Waals surface area contributed by atoms with E-state index in [9.17, 15) is 9.59 Å². The van der Waals surface area contributed by atoms with Gasteiger partial charge >= 0.3 is 136 Å². The standard InChI is InChI=1S/C20H19NO3Se/c1-15(20(23)24-11-6-12-25-14-21)17-9-5-10-18(13-17)19(22)16-7-3-2-4-8-16/h2-5,7-10,13,15H,6,11-12H2,1H3. The summed E-state index contributed by atoms with van der Waals surface area (Å²) in [5.74, 6) is -0.819. The third-order valence-corrected chi connectivity index (χ3v) is 5.04. The normalized spacial score (nSPS) is 11.4. The van der Waals surface area contributed by atoms with E-state index in [1.807, 2.05) is 24.3 Å². The minimum absolute atomic E-state index is 0.0375. The Morgan fingerprint density at radius 2 is 1.84 bits per heavy atom. The molecule has 5 heteroatoms. The van der Waals surface area contributed by atoms with Crippen LogP contribution in [0, 0.1) is 10.2 Å². The van der Waals surface area contributed by atoms with Gasteiger partial charge in [0.05, 0.1) is 0 Å². The number of benzene rings is 2. The van der Waals surface area contributed by atoms with Crippen molar-refractivity contribution >= 4 is 26.7 Å². The first-order valence-corrected chi connectivity index (χ1v) is 10.1. The summed E-state index contributed by atoms with van der Waals surface area (Å²) in [5.41, 5.74) is 1.93. The molecule has 0 aliphatic heterocycles. The molecule has 0 fully saturated rings. The van der Waals surface area contributed by atoms with Crippen molar-refractivity contribution < 1.29 is 14.3 Å². The van der Waals surface area contributed by atoms with E-state index in [0.717, 1.165) is 10.9 Å². The van der Waals surface area contributed by atoms with Crippen molar-refractivity contribution in [2.45, 2.75) is 24.6 Å². The molecule has 0 bridgehead atoms. The van der Waals surface area contributed by atoms with Gasteiger partial charge in [0, 0.05) is 0 Å². The summed E-state index contributed by atoms with van der Waals surface area (Å²) in [6.07, 6.45) is 0.707. The summed E-state index contributed by atoms with van der Waals surface area (Å²) in [5, 5.41) is 9.29.